The minimum Gasteiger partial charge on any atom is -0.338 e. The molecule has 7 nitrogen and oxygen atoms in total. The van der Waals surface area contributed by atoms with Crippen LogP contribution < -0.4 is 16.2 Å². The molecule has 3 rings (SSSR count). The average molecular weight is 260 g/mol. The zero-order valence-electron chi connectivity index (χ0n) is 10.5. The Labute approximate surface area is 109 Å². The first kappa shape index (κ1) is 11.9. The van der Waals surface area contributed by atoms with E-state index in [2.05, 4.69) is 25.1 Å². The first-order chi connectivity index (χ1) is 9.22. The molecule has 7 heteroatoms. The Balaban J connectivity index is 1.85. The van der Waals surface area contributed by atoms with Crippen LogP contribution in [0.1, 0.15) is 12.8 Å². The summed E-state index contributed by atoms with van der Waals surface area (Å²) in [7, 11) is 0. The molecule has 1 unspecified atom stereocenters. The van der Waals surface area contributed by atoms with Crippen LogP contribution in [0.2, 0.25) is 0 Å². The Hall–Kier alpha value is -2.15. The van der Waals surface area contributed by atoms with E-state index in [0.29, 0.717) is 17.5 Å². The fourth-order valence-electron chi connectivity index (χ4n) is 2.29. The summed E-state index contributed by atoms with van der Waals surface area (Å²) in [6.45, 7) is 1.68. The number of nitrogens with two attached hydrogens (primary N) is 1. The van der Waals surface area contributed by atoms with Crippen LogP contribution in [0.15, 0.2) is 23.0 Å². The lowest BCUT2D eigenvalue weighted by Crippen LogP contribution is -2.43. The Morgan fingerprint density at radius 3 is 3.11 bits per heavy atom. The van der Waals surface area contributed by atoms with Gasteiger partial charge in [-0.05, 0) is 18.9 Å². The number of aromatic amines is 2. The van der Waals surface area contributed by atoms with Crippen LogP contribution in [0, 0.1) is 0 Å². The molecule has 3 heterocycles. The number of H-pyrrole nitrogens is 2. The third-order valence-corrected chi connectivity index (χ3v) is 3.24. The van der Waals surface area contributed by atoms with Crippen molar-refractivity contribution in [2.45, 2.75) is 18.9 Å². The van der Waals surface area contributed by atoms with Gasteiger partial charge in [-0.1, -0.05) is 6.07 Å². The highest BCUT2D eigenvalue weighted by molar-refractivity contribution is 5.50. The lowest BCUT2D eigenvalue weighted by atomic mass is 10.1. The standard InChI is InChI=1S/C12H16N6O/c13-8-3-2-6-18(7-8)12-15-11(16-17-12)9-4-1-5-10(19)14-9/h1,4-5,8H,2-3,6-7,13H2,(H,14,19)(H,15,16,17). The number of anilines is 1. The fraction of sp³-hybridized carbons (Fsp3) is 0.417. The number of hydrogen-bond donors (Lipinski definition) is 3. The molecule has 0 bridgehead atoms. The molecule has 4 N–H and O–H groups in total. The summed E-state index contributed by atoms with van der Waals surface area (Å²) >= 11 is 0. The van der Waals surface area contributed by atoms with Crippen molar-refractivity contribution in [3.8, 4) is 11.5 Å². The molecule has 0 spiro atoms. The summed E-state index contributed by atoms with van der Waals surface area (Å²) in [5.41, 5.74) is 6.42. The molecule has 1 saturated heterocycles. The zero-order valence-corrected chi connectivity index (χ0v) is 10.5. The van der Waals surface area contributed by atoms with E-state index in [1.54, 1.807) is 12.1 Å². The van der Waals surface area contributed by atoms with Gasteiger partial charge in [0.25, 0.3) is 0 Å². The second kappa shape index (κ2) is 4.85. The highest BCUT2D eigenvalue weighted by Gasteiger charge is 2.20. The largest absolute Gasteiger partial charge is 0.338 e. The zero-order chi connectivity index (χ0) is 13.2. The van der Waals surface area contributed by atoms with Gasteiger partial charge >= 0.3 is 0 Å². The molecule has 0 radical (unpaired) electrons. The van der Waals surface area contributed by atoms with Gasteiger partial charge in [-0.15, -0.1) is 5.10 Å². The summed E-state index contributed by atoms with van der Waals surface area (Å²) in [5, 5.41) is 7.04. The van der Waals surface area contributed by atoms with E-state index in [1.165, 1.54) is 6.07 Å². The quantitative estimate of drug-likeness (QED) is 0.710. The molecular formula is C12H16N6O. The van der Waals surface area contributed by atoms with Crippen molar-refractivity contribution < 1.29 is 0 Å². The topological polar surface area (TPSA) is 104 Å². The molecule has 1 aliphatic rings. The number of piperidine rings is 1. The summed E-state index contributed by atoms with van der Waals surface area (Å²) in [6.07, 6.45) is 2.09. The molecule has 0 aromatic carbocycles. The molecule has 2 aromatic heterocycles. The van der Waals surface area contributed by atoms with E-state index in [1.807, 2.05) is 0 Å². The normalized spacial score (nSPS) is 19.6. The monoisotopic (exact) mass is 260 g/mol. The van der Waals surface area contributed by atoms with Crippen LogP contribution in [0.3, 0.4) is 0 Å². The maximum Gasteiger partial charge on any atom is 0.248 e. The van der Waals surface area contributed by atoms with E-state index >= 15 is 0 Å². The van der Waals surface area contributed by atoms with Gasteiger partial charge in [-0.3, -0.25) is 9.89 Å². The maximum absolute atomic E-state index is 11.3. The third-order valence-electron chi connectivity index (χ3n) is 3.24. The average Bonchev–Trinajstić information content (AvgIpc) is 2.88. The van der Waals surface area contributed by atoms with Crippen molar-refractivity contribution in [2.24, 2.45) is 5.73 Å². The van der Waals surface area contributed by atoms with E-state index in [0.717, 1.165) is 25.9 Å². The fourth-order valence-corrected chi connectivity index (χ4v) is 2.29. The van der Waals surface area contributed by atoms with Crippen molar-refractivity contribution in [1.82, 2.24) is 20.2 Å². The van der Waals surface area contributed by atoms with Crippen LogP contribution >= 0.6 is 0 Å². The van der Waals surface area contributed by atoms with E-state index in [9.17, 15) is 4.79 Å². The molecule has 0 amide bonds. The van der Waals surface area contributed by atoms with Gasteiger partial charge in [0.2, 0.25) is 11.5 Å². The number of hydrogen-bond acceptors (Lipinski definition) is 5. The van der Waals surface area contributed by atoms with E-state index in [4.69, 9.17) is 5.73 Å². The predicted molar refractivity (Wildman–Crippen MR) is 71.9 cm³/mol. The number of rotatable bonds is 2. The number of nitrogens with zero attached hydrogens (tertiary/aromatic N) is 3. The maximum atomic E-state index is 11.3. The van der Waals surface area contributed by atoms with Gasteiger partial charge in [0.1, 0.15) is 0 Å². The van der Waals surface area contributed by atoms with Gasteiger partial charge in [0.15, 0.2) is 5.82 Å². The summed E-state index contributed by atoms with van der Waals surface area (Å²) < 4.78 is 0. The van der Waals surface area contributed by atoms with Crippen LogP contribution in [0.4, 0.5) is 5.95 Å². The number of pyridine rings is 1. The van der Waals surface area contributed by atoms with Gasteiger partial charge in [-0.25, -0.2) is 0 Å². The smallest absolute Gasteiger partial charge is 0.248 e. The second-order valence-corrected chi connectivity index (χ2v) is 4.76. The van der Waals surface area contributed by atoms with Crippen LogP contribution in [0.25, 0.3) is 11.5 Å². The highest BCUT2D eigenvalue weighted by Crippen LogP contribution is 2.18. The highest BCUT2D eigenvalue weighted by atomic mass is 16.1. The van der Waals surface area contributed by atoms with Crippen molar-refractivity contribution >= 4 is 5.95 Å². The minimum atomic E-state index is -0.157. The SMILES string of the molecule is NC1CCCN(c2n[nH]c(-c3cccc(=O)[nH]3)n2)C1. The molecule has 1 fully saturated rings. The Morgan fingerprint density at radius 1 is 1.42 bits per heavy atom. The van der Waals surface area contributed by atoms with E-state index in [-0.39, 0.29) is 11.6 Å². The molecule has 1 aliphatic heterocycles. The predicted octanol–water partition coefficient (Wildman–Crippen LogP) is 0.0875. The molecule has 0 saturated carbocycles. The van der Waals surface area contributed by atoms with Crippen LogP contribution in [0.5, 0.6) is 0 Å². The Kier molecular flexibility index (Phi) is 3.04. The minimum absolute atomic E-state index is 0.157. The molecule has 2 aromatic rings. The molecular weight excluding hydrogens is 244 g/mol. The number of aromatic nitrogens is 4. The van der Waals surface area contributed by atoms with Gasteiger partial charge in [-0.2, -0.15) is 4.98 Å². The molecule has 19 heavy (non-hydrogen) atoms. The Morgan fingerprint density at radius 2 is 2.32 bits per heavy atom. The van der Waals surface area contributed by atoms with Crippen molar-refractivity contribution in [3.63, 3.8) is 0 Å². The van der Waals surface area contributed by atoms with Gasteiger partial charge in [0.05, 0.1) is 5.69 Å². The molecule has 1 atom stereocenters. The second-order valence-electron chi connectivity index (χ2n) is 4.76. The van der Waals surface area contributed by atoms with Crippen LogP contribution in [-0.4, -0.2) is 39.3 Å². The first-order valence-electron chi connectivity index (χ1n) is 6.35. The summed E-state index contributed by atoms with van der Waals surface area (Å²) in [4.78, 5) is 20.5. The summed E-state index contributed by atoms with van der Waals surface area (Å²) in [6, 6.07) is 5.11. The number of nitrogens with one attached hydrogen (secondary N) is 2. The lowest BCUT2D eigenvalue weighted by Gasteiger charge is -2.29. The van der Waals surface area contributed by atoms with Gasteiger partial charge in [0, 0.05) is 25.2 Å². The third kappa shape index (κ3) is 2.50. The van der Waals surface area contributed by atoms with Crippen molar-refractivity contribution in [1.29, 1.82) is 0 Å². The van der Waals surface area contributed by atoms with Gasteiger partial charge < -0.3 is 15.6 Å². The molecule has 100 valence electrons. The Bertz CT molecular complexity index is 618. The van der Waals surface area contributed by atoms with E-state index < -0.39 is 0 Å². The molecule has 0 aliphatic carbocycles. The lowest BCUT2D eigenvalue weighted by molar-refractivity contribution is 0.500. The first-order valence-corrected chi connectivity index (χ1v) is 6.35. The van der Waals surface area contributed by atoms with Crippen LogP contribution in [-0.2, 0) is 0 Å². The van der Waals surface area contributed by atoms with Crippen molar-refractivity contribution in [3.05, 3.63) is 28.6 Å². The van der Waals surface area contributed by atoms with Crippen molar-refractivity contribution in [2.75, 3.05) is 18.0 Å². The summed E-state index contributed by atoms with van der Waals surface area (Å²) in [5.74, 6) is 1.20.